The molecule has 130 valence electrons. The van der Waals surface area contributed by atoms with Crippen molar-refractivity contribution in [2.24, 2.45) is 0 Å². The maximum Gasteiger partial charge on any atom is 0.246 e. The molecule has 10 heteroatoms. The van der Waals surface area contributed by atoms with Gasteiger partial charge in [-0.15, -0.1) is 10.2 Å². The maximum absolute atomic E-state index is 12.6. The van der Waals surface area contributed by atoms with E-state index < -0.39 is 10.0 Å². The van der Waals surface area contributed by atoms with Crippen LogP contribution in [0.3, 0.4) is 0 Å². The lowest BCUT2D eigenvalue weighted by molar-refractivity contribution is 0.0944. The van der Waals surface area contributed by atoms with Crippen molar-refractivity contribution in [1.29, 1.82) is 0 Å². The summed E-state index contributed by atoms with van der Waals surface area (Å²) in [5, 5.41) is 12.2. The van der Waals surface area contributed by atoms with E-state index in [4.69, 9.17) is 4.74 Å². The average Bonchev–Trinajstić information content (AvgIpc) is 3.26. The fraction of sp³-hybridized carbons (Fsp3) is 0.643. The molecule has 4 rings (SSSR count). The van der Waals surface area contributed by atoms with E-state index >= 15 is 0 Å². The van der Waals surface area contributed by atoms with Crippen LogP contribution >= 0.6 is 0 Å². The van der Waals surface area contributed by atoms with E-state index in [1.165, 1.54) is 10.5 Å². The summed E-state index contributed by atoms with van der Waals surface area (Å²) < 4.78 is 35.9. The van der Waals surface area contributed by atoms with Crippen molar-refractivity contribution in [2.45, 2.75) is 43.4 Å². The normalized spacial score (nSPS) is 22.8. The summed E-state index contributed by atoms with van der Waals surface area (Å²) in [6, 6.07) is 0.0511. The predicted molar refractivity (Wildman–Crippen MR) is 83.6 cm³/mol. The zero-order valence-electron chi connectivity index (χ0n) is 13.4. The van der Waals surface area contributed by atoms with Crippen molar-refractivity contribution in [3.05, 3.63) is 24.5 Å². The number of nitrogens with zero attached hydrogens (tertiary/aromatic N) is 6. The maximum atomic E-state index is 12.6. The summed E-state index contributed by atoms with van der Waals surface area (Å²) in [4.78, 5) is 0.242. The molecule has 0 amide bonds. The molecule has 4 heterocycles. The van der Waals surface area contributed by atoms with Crippen LogP contribution in [0.2, 0.25) is 0 Å². The Labute approximate surface area is 140 Å². The Balaban J connectivity index is 1.47. The van der Waals surface area contributed by atoms with E-state index in [9.17, 15) is 8.42 Å². The molecule has 2 aromatic rings. The molecule has 0 spiro atoms. The van der Waals surface area contributed by atoms with Crippen LogP contribution in [0.25, 0.3) is 0 Å². The highest BCUT2D eigenvalue weighted by atomic mass is 32.2. The van der Waals surface area contributed by atoms with Gasteiger partial charge < -0.3 is 9.30 Å². The van der Waals surface area contributed by atoms with Crippen LogP contribution in [-0.4, -0.2) is 57.0 Å². The summed E-state index contributed by atoms with van der Waals surface area (Å²) >= 11 is 0. The summed E-state index contributed by atoms with van der Waals surface area (Å²) in [5.41, 5.74) is 0. The van der Waals surface area contributed by atoms with Gasteiger partial charge in [0.15, 0.2) is 5.82 Å². The number of hydrogen-bond donors (Lipinski definition) is 0. The molecule has 0 radical (unpaired) electrons. The third kappa shape index (κ3) is 2.54. The first-order valence-corrected chi connectivity index (χ1v) is 9.57. The number of aryl methyl sites for hydroxylation is 1. The van der Waals surface area contributed by atoms with E-state index in [1.807, 2.05) is 11.5 Å². The molecule has 2 saturated heterocycles. The topological polar surface area (TPSA) is 95.1 Å². The Morgan fingerprint density at radius 1 is 1.38 bits per heavy atom. The van der Waals surface area contributed by atoms with E-state index in [-0.39, 0.29) is 17.0 Å². The summed E-state index contributed by atoms with van der Waals surface area (Å²) in [7, 11) is -3.48. The highest BCUT2D eigenvalue weighted by molar-refractivity contribution is 7.89. The highest BCUT2D eigenvalue weighted by Crippen LogP contribution is 2.33. The van der Waals surface area contributed by atoms with Crippen LogP contribution in [0.4, 0.5) is 0 Å². The Morgan fingerprint density at radius 3 is 2.88 bits per heavy atom. The third-order valence-corrected chi connectivity index (χ3v) is 6.40. The molecule has 0 bridgehead atoms. The largest absolute Gasteiger partial charge is 0.370 e. The van der Waals surface area contributed by atoms with Crippen LogP contribution in [0.5, 0.6) is 0 Å². The lowest BCUT2D eigenvalue weighted by Gasteiger charge is -2.38. The first-order chi connectivity index (χ1) is 11.6. The fourth-order valence-corrected chi connectivity index (χ4v) is 4.60. The molecule has 0 saturated carbocycles. The minimum absolute atomic E-state index is 0.0269. The monoisotopic (exact) mass is 352 g/mol. The minimum atomic E-state index is -3.48. The molecular weight excluding hydrogens is 332 g/mol. The van der Waals surface area contributed by atoms with Crippen molar-refractivity contribution in [3.63, 3.8) is 0 Å². The fourth-order valence-electron chi connectivity index (χ4n) is 3.13. The first kappa shape index (κ1) is 15.7. The number of hydrogen-bond acceptors (Lipinski definition) is 6. The molecular formula is C14H20N6O3S. The van der Waals surface area contributed by atoms with Crippen LogP contribution in [-0.2, 0) is 21.3 Å². The summed E-state index contributed by atoms with van der Waals surface area (Å²) in [5.74, 6) is 0.799. The molecule has 0 N–H and O–H groups in total. The Bertz CT molecular complexity index is 817. The second-order valence-corrected chi connectivity index (χ2v) is 8.04. The first-order valence-electron chi connectivity index (χ1n) is 8.13. The van der Waals surface area contributed by atoms with E-state index in [0.29, 0.717) is 19.6 Å². The van der Waals surface area contributed by atoms with Crippen LogP contribution in [0.15, 0.2) is 23.6 Å². The second-order valence-electron chi connectivity index (χ2n) is 6.11. The molecule has 0 unspecified atom stereocenters. The van der Waals surface area contributed by atoms with Gasteiger partial charge >= 0.3 is 0 Å². The molecule has 2 aromatic heterocycles. The van der Waals surface area contributed by atoms with E-state index in [1.54, 1.807) is 17.2 Å². The number of rotatable bonds is 5. The SMILES string of the molecule is CCn1cc(S(=O)(=O)N2CC(n3cnnc3[C@@H]3CCCO3)C2)cn1. The van der Waals surface area contributed by atoms with Crippen LogP contribution < -0.4 is 0 Å². The Hall–Kier alpha value is -1.78. The molecule has 9 nitrogen and oxygen atoms in total. The van der Waals surface area contributed by atoms with Crippen LogP contribution in [0.1, 0.15) is 37.7 Å². The van der Waals surface area contributed by atoms with Crippen molar-refractivity contribution in [2.75, 3.05) is 19.7 Å². The van der Waals surface area contributed by atoms with Crippen molar-refractivity contribution < 1.29 is 13.2 Å². The van der Waals surface area contributed by atoms with E-state index in [2.05, 4.69) is 15.3 Å². The third-order valence-electron chi connectivity index (χ3n) is 4.61. The van der Waals surface area contributed by atoms with Gasteiger partial charge in [-0.25, -0.2) is 8.42 Å². The number of sulfonamides is 1. The van der Waals surface area contributed by atoms with Gasteiger partial charge in [0.25, 0.3) is 0 Å². The lowest BCUT2D eigenvalue weighted by Crippen LogP contribution is -2.50. The van der Waals surface area contributed by atoms with Gasteiger partial charge in [-0.05, 0) is 19.8 Å². The van der Waals surface area contributed by atoms with Gasteiger partial charge in [-0.2, -0.15) is 9.40 Å². The van der Waals surface area contributed by atoms with Crippen molar-refractivity contribution >= 4 is 10.0 Å². The number of ether oxygens (including phenoxy) is 1. The zero-order valence-corrected chi connectivity index (χ0v) is 14.3. The molecule has 0 aromatic carbocycles. The van der Waals surface area contributed by atoms with Crippen LogP contribution in [0, 0.1) is 0 Å². The molecule has 2 fully saturated rings. The van der Waals surface area contributed by atoms with Gasteiger partial charge in [0.05, 0.1) is 12.2 Å². The van der Waals surface area contributed by atoms with Gasteiger partial charge in [0.1, 0.15) is 17.3 Å². The lowest BCUT2D eigenvalue weighted by atomic mass is 10.1. The molecule has 2 aliphatic heterocycles. The van der Waals surface area contributed by atoms with Gasteiger partial charge in [0, 0.05) is 32.4 Å². The molecule has 24 heavy (non-hydrogen) atoms. The molecule has 0 aliphatic carbocycles. The molecule has 1 atom stereocenters. The smallest absolute Gasteiger partial charge is 0.246 e. The highest BCUT2D eigenvalue weighted by Gasteiger charge is 2.40. The van der Waals surface area contributed by atoms with Gasteiger partial charge in [-0.3, -0.25) is 4.68 Å². The average molecular weight is 352 g/mol. The molecule has 2 aliphatic rings. The zero-order chi connectivity index (χ0) is 16.7. The quantitative estimate of drug-likeness (QED) is 0.782. The van der Waals surface area contributed by atoms with Gasteiger partial charge in [0.2, 0.25) is 10.0 Å². The van der Waals surface area contributed by atoms with Gasteiger partial charge in [-0.1, -0.05) is 0 Å². The second kappa shape index (κ2) is 5.94. The summed E-state index contributed by atoms with van der Waals surface area (Å²) in [6.07, 6.45) is 6.57. The Morgan fingerprint density at radius 2 is 2.21 bits per heavy atom. The number of aromatic nitrogens is 5. The van der Waals surface area contributed by atoms with Crippen molar-refractivity contribution in [1.82, 2.24) is 28.9 Å². The predicted octanol–water partition coefficient (Wildman–Crippen LogP) is 0.592. The standard InChI is InChI=1S/C14H20N6O3S/c1-2-18-9-12(6-16-18)24(21,22)19-7-11(8-19)20-10-15-17-14(20)13-4-3-5-23-13/h6,9-11,13H,2-5,7-8H2,1H3/t13-/m0/s1. The summed E-state index contributed by atoms with van der Waals surface area (Å²) in [6.45, 7) is 4.13. The minimum Gasteiger partial charge on any atom is -0.370 e. The Kier molecular flexibility index (Phi) is 3.89. The van der Waals surface area contributed by atoms with Crippen molar-refractivity contribution in [3.8, 4) is 0 Å². The van der Waals surface area contributed by atoms with E-state index in [0.717, 1.165) is 25.3 Å².